The summed E-state index contributed by atoms with van der Waals surface area (Å²) in [5, 5.41) is 2.49. The lowest BCUT2D eigenvalue weighted by Gasteiger charge is -2.17. The zero-order valence-corrected chi connectivity index (χ0v) is 16.7. The van der Waals surface area contributed by atoms with Crippen LogP contribution in [0.5, 0.6) is 5.75 Å². The number of amides is 1. The maximum absolute atomic E-state index is 14.3. The van der Waals surface area contributed by atoms with Gasteiger partial charge in [0.05, 0.1) is 16.9 Å². The first-order chi connectivity index (χ1) is 15.1. The molecule has 1 heterocycles. The van der Waals surface area contributed by atoms with Gasteiger partial charge in [-0.25, -0.2) is 9.37 Å². The van der Waals surface area contributed by atoms with Crippen LogP contribution in [-0.2, 0) is 0 Å². The fourth-order valence-electron chi connectivity index (χ4n) is 2.70. The molecule has 0 fully saturated rings. The van der Waals surface area contributed by atoms with Crippen LogP contribution in [-0.4, -0.2) is 23.2 Å². The summed E-state index contributed by atoms with van der Waals surface area (Å²) < 4.78 is 56.9. The number of carbonyl (C=O) groups is 1. The van der Waals surface area contributed by atoms with Gasteiger partial charge in [-0.2, -0.15) is 13.2 Å². The van der Waals surface area contributed by atoms with Crippen molar-refractivity contribution in [1.29, 1.82) is 0 Å². The monoisotopic (exact) mass is 449 g/mol. The van der Waals surface area contributed by atoms with E-state index in [0.717, 1.165) is 13.0 Å². The van der Waals surface area contributed by atoms with E-state index in [-0.39, 0.29) is 22.8 Å². The number of hydrogen-bond donors (Lipinski definition) is 4. The molecule has 0 saturated carbocycles. The average Bonchev–Trinajstić information content (AvgIpc) is 2.74. The van der Waals surface area contributed by atoms with E-state index in [9.17, 15) is 22.4 Å². The number of hydrazine groups is 1. The van der Waals surface area contributed by atoms with Gasteiger partial charge < -0.3 is 21.2 Å². The van der Waals surface area contributed by atoms with Crippen LogP contribution in [0, 0.1) is 5.82 Å². The lowest BCUT2D eigenvalue weighted by molar-refractivity contribution is -0.189. The molecule has 11 heteroatoms. The molecular formula is C21H19F4N5O2. The second kappa shape index (κ2) is 9.10. The molecule has 168 valence electrons. The SMILES string of the molecule is CC(Oc1ccc(NC(=O)c2cc(-c3ccc(NN)c(N)n3)ccc2F)cc1)C(F)(F)F. The van der Waals surface area contributed by atoms with E-state index < -0.39 is 24.0 Å². The number of carbonyl (C=O) groups excluding carboxylic acids is 1. The van der Waals surface area contributed by atoms with E-state index in [1.54, 1.807) is 12.1 Å². The molecule has 3 aromatic rings. The first-order valence-electron chi connectivity index (χ1n) is 9.26. The predicted octanol–water partition coefficient (Wildman–Crippen LogP) is 4.34. The third-order valence-corrected chi connectivity index (χ3v) is 4.47. The topological polar surface area (TPSA) is 115 Å². The molecule has 1 aromatic heterocycles. The number of pyridine rings is 1. The number of ether oxygens (including phenoxy) is 1. The Labute approximate surface area is 180 Å². The molecule has 3 rings (SSSR count). The van der Waals surface area contributed by atoms with Gasteiger partial charge in [-0.15, -0.1) is 0 Å². The van der Waals surface area contributed by atoms with Crippen LogP contribution >= 0.6 is 0 Å². The molecule has 32 heavy (non-hydrogen) atoms. The first-order valence-corrected chi connectivity index (χ1v) is 9.26. The first kappa shape index (κ1) is 22.8. The Hall–Kier alpha value is -3.86. The zero-order valence-electron chi connectivity index (χ0n) is 16.7. The molecule has 0 aliphatic heterocycles. The molecule has 0 bridgehead atoms. The van der Waals surface area contributed by atoms with Gasteiger partial charge in [0.15, 0.2) is 6.10 Å². The molecule has 0 radical (unpaired) electrons. The number of nitrogens with zero attached hydrogens (tertiary/aromatic N) is 1. The van der Waals surface area contributed by atoms with E-state index in [0.29, 0.717) is 16.9 Å². The second-order valence-corrected chi connectivity index (χ2v) is 6.75. The molecule has 0 saturated heterocycles. The van der Waals surface area contributed by atoms with Gasteiger partial charge in [-0.05, 0) is 61.5 Å². The van der Waals surface area contributed by atoms with E-state index in [1.807, 2.05) is 0 Å². The highest BCUT2D eigenvalue weighted by Gasteiger charge is 2.38. The van der Waals surface area contributed by atoms with Gasteiger partial charge in [-0.3, -0.25) is 10.6 Å². The number of hydrogen-bond acceptors (Lipinski definition) is 6. The number of aromatic nitrogens is 1. The third-order valence-electron chi connectivity index (χ3n) is 4.47. The summed E-state index contributed by atoms with van der Waals surface area (Å²) in [5.41, 5.74) is 9.41. The van der Waals surface area contributed by atoms with Crippen LogP contribution in [0.4, 0.5) is 34.8 Å². The molecule has 1 atom stereocenters. The van der Waals surface area contributed by atoms with Crippen LogP contribution in [0.1, 0.15) is 17.3 Å². The highest BCUT2D eigenvalue weighted by atomic mass is 19.4. The molecule has 0 spiro atoms. The second-order valence-electron chi connectivity index (χ2n) is 6.75. The number of rotatable bonds is 6. The summed E-state index contributed by atoms with van der Waals surface area (Å²) in [7, 11) is 0. The molecule has 0 aliphatic rings. The van der Waals surface area contributed by atoms with E-state index >= 15 is 0 Å². The molecular weight excluding hydrogens is 430 g/mol. The van der Waals surface area contributed by atoms with Crippen molar-refractivity contribution in [3.05, 3.63) is 66.0 Å². The van der Waals surface area contributed by atoms with Crippen molar-refractivity contribution in [2.75, 3.05) is 16.5 Å². The standard InChI is InChI=1S/C21H19F4N5O2/c1-11(21(23,24)25)32-14-5-3-13(4-6-14)28-20(31)15-10-12(2-7-16(15)22)17-8-9-18(30-27)19(26)29-17/h2-11,30H,27H2,1H3,(H2,26,29)(H,28,31). The van der Waals surface area contributed by atoms with E-state index in [1.165, 1.54) is 36.4 Å². The summed E-state index contributed by atoms with van der Waals surface area (Å²) in [5.74, 6) is 3.90. The summed E-state index contributed by atoms with van der Waals surface area (Å²) in [6.45, 7) is 0.883. The van der Waals surface area contributed by atoms with Gasteiger partial charge in [-0.1, -0.05) is 0 Å². The van der Waals surface area contributed by atoms with Crippen LogP contribution in [0.15, 0.2) is 54.6 Å². The Bertz CT molecular complexity index is 1120. The molecule has 6 N–H and O–H groups in total. The van der Waals surface area contributed by atoms with Crippen LogP contribution in [0.3, 0.4) is 0 Å². The van der Waals surface area contributed by atoms with Gasteiger partial charge >= 0.3 is 6.18 Å². The lowest BCUT2D eigenvalue weighted by Crippen LogP contribution is -2.31. The quantitative estimate of drug-likeness (QED) is 0.253. The highest BCUT2D eigenvalue weighted by molar-refractivity contribution is 6.05. The van der Waals surface area contributed by atoms with Crippen molar-refractivity contribution in [3.8, 4) is 17.0 Å². The fraction of sp³-hybridized carbons (Fsp3) is 0.143. The van der Waals surface area contributed by atoms with E-state index in [4.69, 9.17) is 16.3 Å². The van der Waals surface area contributed by atoms with Gasteiger partial charge in [0.25, 0.3) is 5.91 Å². The van der Waals surface area contributed by atoms with E-state index in [2.05, 4.69) is 15.7 Å². The van der Waals surface area contributed by atoms with Crippen LogP contribution < -0.4 is 27.1 Å². The number of alkyl halides is 3. The zero-order chi connectivity index (χ0) is 23.5. The summed E-state index contributed by atoms with van der Waals surface area (Å²) >= 11 is 0. The molecule has 1 unspecified atom stereocenters. The molecule has 0 aliphatic carbocycles. The normalized spacial score (nSPS) is 12.2. The number of nitrogens with one attached hydrogen (secondary N) is 2. The Morgan fingerprint density at radius 2 is 1.78 bits per heavy atom. The van der Waals surface area contributed by atoms with Gasteiger partial charge in [0.2, 0.25) is 0 Å². The fourth-order valence-corrected chi connectivity index (χ4v) is 2.70. The minimum Gasteiger partial charge on any atom is -0.481 e. The maximum atomic E-state index is 14.3. The minimum absolute atomic E-state index is 0.0277. The number of nitrogen functional groups attached to an aromatic ring is 2. The highest BCUT2D eigenvalue weighted by Crippen LogP contribution is 2.27. The smallest absolute Gasteiger partial charge is 0.425 e. The van der Waals surface area contributed by atoms with Gasteiger partial charge in [0, 0.05) is 11.3 Å². The molecule has 7 nitrogen and oxygen atoms in total. The van der Waals surface area contributed by atoms with Gasteiger partial charge in [0.1, 0.15) is 17.4 Å². The predicted molar refractivity (Wildman–Crippen MR) is 112 cm³/mol. The number of nitrogens with two attached hydrogens (primary N) is 2. The van der Waals surface area contributed by atoms with Crippen molar-refractivity contribution >= 4 is 23.1 Å². The van der Waals surface area contributed by atoms with Crippen molar-refractivity contribution < 1.29 is 27.1 Å². The Kier molecular flexibility index (Phi) is 6.49. The Balaban J connectivity index is 1.76. The maximum Gasteiger partial charge on any atom is 0.425 e. The molecule has 2 aromatic carbocycles. The van der Waals surface area contributed by atoms with Crippen LogP contribution in [0.25, 0.3) is 11.3 Å². The largest absolute Gasteiger partial charge is 0.481 e. The third kappa shape index (κ3) is 5.24. The number of benzene rings is 2. The number of anilines is 3. The number of halogens is 4. The molecule has 1 amide bonds. The summed E-state index contributed by atoms with van der Waals surface area (Å²) in [6, 6.07) is 12.3. The summed E-state index contributed by atoms with van der Waals surface area (Å²) in [4.78, 5) is 16.7. The van der Waals surface area contributed by atoms with Crippen LogP contribution in [0.2, 0.25) is 0 Å². The summed E-state index contributed by atoms with van der Waals surface area (Å²) in [6.07, 6.45) is -6.49. The van der Waals surface area contributed by atoms with Crippen molar-refractivity contribution in [3.63, 3.8) is 0 Å². The lowest BCUT2D eigenvalue weighted by atomic mass is 10.1. The average molecular weight is 449 g/mol. The van der Waals surface area contributed by atoms with Crippen molar-refractivity contribution in [1.82, 2.24) is 4.98 Å². The minimum atomic E-state index is -4.50. The van der Waals surface area contributed by atoms with Crippen molar-refractivity contribution in [2.24, 2.45) is 5.84 Å². The Morgan fingerprint density at radius 3 is 2.38 bits per heavy atom. The van der Waals surface area contributed by atoms with Crippen molar-refractivity contribution in [2.45, 2.75) is 19.2 Å². The Morgan fingerprint density at radius 1 is 1.09 bits per heavy atom.